The molecule has 1 saturated heterocycles. The molecular weight excluding hydrogens is 378 g/mol. The first kappa shape index (κ1) is 20.2. The number of carbonyl (C=O) groups is 1. The van der Waals surface area contributed by atoms with Crippen molar-refractivity contribution >= 4 is 5.91 Å². The average molecular weight is 406 g/mol. The first-order chi connectivity index (χ1) is 14.7. The molecule has 0 bridgehead atoms. The molecule has 7 nitrogen and oxygen atoms in total. The third kappa shape index (κ3) is 5.30. The second-order valence-corrected chi connectivity index (χ2v) is 7.69. The van der Waals surface area contributed by atoms with Gasteiger partial charge in [-0.2, -0.15) is 4.98 Å². The van der Waals surface area contributed by atoms with Crippen LogP contribution in [-0.4, -0.2) is 63.6 Å². The number of pyridine rings is 1. The highest BCUT2D eigenvalue weighted by atomic mass is 16.5. The topological polar surface area (TPSA) is 75.4 Å². The van der Waals surface area contributed by atoms with Crippen LogP contribution in [0.3, 0.4) is 0 Å². The van der Waals surface area contributed by atoms with Gasteiger partial charge in [0.2, 0.25) is 5.89 Å². The summed E-state index contributed by atoms with van der Waals surface area (Å²) in [5.74, 6) is 1.49. The van der Waals surface area contributed by atoms with Gasteiger partial charge in [-0.25, -0.2) is 0 Å². The van der Waals surface area contributed by atoms with Crippen molar-refractivity contribution in [3.05, 3.63) is 77.2 Å². The molecule has 4 rings (SSSR count). The van der Waals surface area contributed by atoms with E-state index < -0.39 is 0 Å². The Morgan fingerprint density at radius 2 is 1.87 bits per heavy atom. The van der Waals surface area contributed by atoms with Crippen molar-refractivity contribution in [3.8, 4) is 0 Å². The number of aryl methyl sites for hydroxylation is 2. The summed E-state index contributed by atoms with van der Waals surface area (Å²) in [5.41, 5.74) is 2.76. The lowest BCUT2D eigenvalue weighted by atomic mass is 10.1. The fourth-order valence-electron chi connectivity index (χ4n) is 3.65. The van der Waals surface area contributed by atoms with Crippen molar-refractivity contribution < 1.29 is 9.32 Å². The van der Waals surface area contributed by atoms with Crippen molar-refractivity contribution in [2.75, 3.05) is 32.7 Å². The number of carbonyl (C=O) groups excluding carboxylic acids is 1. The summed E-state index contributed by atoms with van der Waals surface area (Å²) in [6.45, 7) is 6.14. The molecule has 1 aliphatic heterocycles. The molecule has 0 atom stereocenters. The van der Waals surface area contributed by atoms with Crippen LogP contribution >= 0.6 is 0 Å². The van der Waals surface area contributed by atoms with Gasteiger partial charge < -0.3 is 9.42 Å². The van der Waals surface area contributed by atoms with Crippen molar-refractivity contribution in [1.29, 1.82) is 0 Å². The van der Waals surface area contributed by atoms with E-state index >= 15 is 0 Å². The van der Waals surface area contributed by atoms with Crippen LogP contribution in [0.5, 0.6) is 0 Å². The molecule has 0 radical (unpaired) electrons. The van der Waals surface area contributed by atoms with Crippen LogP contribution < -0.4 is 0 Å². The molecule has 0 spiro atoms. The molecule has 2 aromatic heterocycles. The summed E-state index contributed by atoms with van der Waals surface area (Å²) < 4.78 is 5.39. The van der Waals surface area contributed by atoms with Crippen LogP contribution in [0, 0.1) is 6.92 Å². The highest BCUT2D eigenvalue weighted by Crippen LogP contribution is 2.11. The van der Waals surface area contributed by atoms with E-state index in [1.165, 1.54) is 5.56 Å². The summed E-state index contributed by atoms with van der Waals surface area (Å²) in [7, 11) is 0. The van der Waals surface area contributed by atoms with Crippen molar-refractivity contribution in [1.82, 2.24) is 24.9 Å². The van der Waals surface area contributed by atoms with E-state index in [1.807, 2.05) is 42.2 Å². The predicted molar refractivity (Wildman–Crippen MR) is 113 cm³/mol. The molecule has 0 saturated carbocycles. The summed E-state index contributed by atoms with van der Waals surface area (Å²) >= 11 is 0. The number of rotatable bonds is 7. The third-order valence-corrected chi connectivity index (χ3v) is 5.40. The van der Waals surface area contributed by atoms with Crippen LogP contribution in [-0.2, 0) is 12.8 Å². The van der Waals surface area contributed by atoms with E-state index in [1.54, 1.807) is 6.20 Å². The number of nitrogens with zero attached hydrogens (tertiary/aromatic N) is 5. The number of piperazine rings is 1. The minimum atomic E-state index is 0.0685. The Morgan fingerprint density at radius 3 is 2.60 bits per heavy atom. The Balaban J connectivity index is 1.18. The standard InChI is InChI=1S/C23H27N5O2/c1-18-9-10-20(17-24-18)23(29)28-14-12-27(13-15-28)11-5-8-22-25-21(26-30-22)16-19-6-3-2-4-7-19/h2-4,6-7,9-10,17H,5,8,11-16H2,1H3. The molecule has 3 aromatic rings. The lowest BCUT2D eigenvalue weighted by molar-refractivity contribution is 0.0635. The highest BCUT2D eigenvalue weighted by molar-refractivity contribution is 5.94. The number of hydrogen-bond acceptors (Lipinski definition) is 6. The van der Waals surface area contributed by atoms with E-state index in [9.17, 15) is 4.79 Å². The van der Waals surface area contributed by atoms with Crippen LogP contribution in [0.2, 0.25) is 0 Å². The molecule has 1 aromatic carbocycles. The summed E-state index contributed by atoms with van der Waals surface area (Å²) in [6.07, 6.45) is 4.09. The molecule has 7 heteroatoms. The van der Waals surface area contributed by atoms with Gasteiger partial charge in [-0.1, -0.05) is 35.5 Å². The van der Waals surface area contributed by atoms with Gasteiger partial charge >= 0.3 is 0 Å². The number of aromatic nitrogens is 3. The Hall–Kier alpha value is -3.06. The van der Waals surface area contributed by atoms with Gasteiger partial charge in [-0.05, 0) is 37.6 Å². The number of hydrogen-bond donors (Lipinski definition) is 0. The van der Waals surface area contributed by atoms with Crippen LogP contribution in [0.25, 0.3) is 0 Å². The lowest BCUT2D eigenvalue weighted by Crippen LogP contribution is -2.48. The summed E-state index contributed by atoms with van der Waals surface area (Å²) in [4.78, 5) is 25.6. The van der Waals surface area contributed by atoms with E-state index in [4.69, 9.17) is 4.52 Å². The molecule has 0 N–H and O–H groups in total. The van der Waals surface area contributed by atoms with E-state index in [2.05, 4.69) is 32.2 Å². The van der Waals surface area contributed by atoms with Crippen molar-refractivity contribution in [3.63, 3.8) is 0 Å². The molecule has 1 aliphatic rings. The molecule has 1 fully saturated rings. The highest BCUT2D eigenvalue weighted by Gasteiger charge is 2.22. The lowest BCUT2D eigenvalue weighted by Gasteiger charge is -2.34. The Morgan fingerprint density at radius 1 is 1.07 bits per heavy atom. The van der Waals surface area contributed by atoms with Gasteiger partial charge in [0.25, 0.3) is 5.91 Å². The van der Waals surface area contributed by atoms with Gasteiger partial charge in [0.05, 0.1) is 5.56 Å². The monoisotopic (exact) mass is 405 g/mol. The fourth-order valence-corrected chi connectivity index (χ4v) is 3.65. The molecule has 0 aliphatic carbocycles. The molecule has 1 amide bonds. The van der Waals surface area contributed by atoms with Crippen molar-refractivity contribution in [2.24, 2.45) is 0 Å². The Labute approximate surface area is 176 Å². The molecule has 0 unspecified atom stereocenters. The maximum atomic E-state index is 12.6. The van der Waals surface area contributed by atoms with E-state index in [0.29, 0.717) is 17.9 Å². The zero-order valence-electron chi connectivity index (χ0n) is 17.3. The summed E-state index contributed by atoms with van der Waals surface area (Å²) in [5, 5.41) is 4.09. The normalized spacial score (nSPS) is 14.8. The Bertz CT molecular complexity index is 947. The SMILES string of the molecule is Cc1ccc(C(=O)N2CCN(CCCc3nc(Cc4ccccc4)no3)CC2)cn1. The number of amides is 1. The van der Waals surface area contributed by atoms with Crippen molar-refractivity contribution in [2.45, 2.75) is 26.2 Å². The molecular formula is C23H27N5O2. The van der Waals surface area contributed by atoms with Crippen LogP contribution in [0.4, 0.5) is 0 Å². The minimum absolute atomic E-state index is 0.0685. The maximum Gasteiger partial charge on any atom is 0.255 e. The average Bonchev–Trinajstić information content (AvgIpc) is 3.22. The zero-order chi connectivity index (χ0) is 20.8. The van der Waals surface area contributed by atoms with E-state index in [-0.39, 0.29) is 5.91 Å². The van der Waals surface area contributed by atoms with Crippen LogP contribution in [0.15, 0.2) is 53.2 Å². The first-order valence-corrected chi connectivity index (χ1v) is 10.5. The number of benzene rings is 1. The second-order valence-electron chi connectivity index (χ2n) is 7.69. The van der Waals surface area contributed by atoms with Gasteiger partial charge in [-0.3, -0.25) is 14.7 Å². The maximum absolute atomic E-state index is 12.6. The molecule has 3 heterocycles. The van der Waals surface area contributed by atoms with E-state index in [0.717, 1.165) is 57.1 Å². The molecule has 156 valence electrons. The van der Waals surface area contributed by atoms with Gasteiger partial charge in [0, 0.05) is 50.9 Å². The summed E-state index contributed by atoms with van der Waals surface area (Å²) in [6, 6.07) is 13.9. The quantitative estimate of drug-likeness (QED) is 0.602. The van der Waals surface area contributed by atoms with Crippen LogP contribution in [0.1, 0.15) is 39.8 Å². The predicted octanol–water partition coefficient (Wildman–Crippen LogP) is 2.75. The Kier molecular flexibility index (Phi) is 6.49. The largest absolute Gasteiger partial charge is 0.339 e. The second kappa shape index (κ2) is 9.63. The third-order valence-electron chi connectivity index (χ3n) is 5.40. The van der Waals surface area contributed by atoms with Gasteiger partial charge in [0.15, 0.2) is 5.82 Å². The molecule has 30 heavy (non-hydrogen) atoms. The zero-order valence-corrected chi connectivity index (χ0v) is 17.3. The van der Waals surface area contributed by atoms with Gasteiger partial charge in [0.1, 0.15) is 0 Å². The minimum Gasteiger partial charge on any atom is -0.339 e. The smallest absolute Gasteiger partial charge is 0.255 e. The first-order valence-electron chi connectivity index (χ1n) is 10.5. The fraction of sp³-hybridized carbons (Fsp3) is 0.391. The van der Waals surface area contributed by atoms with Gasteiger partial charge in [-0.15, -0.1) is 0 Å².